The zero-order valence-electron chi connectivity index (χ0n) is 12.4. The van der Waals surface area contributed by atoms with Gasteiger partial charge in [0.25, 0.3) is 5.91 Å². The van der Waals surface area contributed by atoms with Crippen LogP contribution in [-0.2, 0) is 11.2 Å². The predicted octanol–water partition coefficient (Wildman–Crippen LogP) is 2.05. The maximum absolute atomic E-state index is 12.8. The molecule has 22 heavy (non-hydrogen) atoms. The van der Waals surface area contributed by atoms with Gasteiger partial charge in [-0.15, -0.1) is 0 Å². The Morgan fingerprint density at radius 1 is 1.27 bits per heavy atom. The van der Waals surface area contributed by atoms with E-state index >= 15 is 0 Å². The molecule has 0 N–H and O–H groups in total. The highest BCUT2D eigenvalue weighted by atomic mass is 16.5. The smallest absolute Gasteiger partial charge is 0.264 e. The molecule has 5 nitrogen and oxygen atoms in total. The molecule has 5 heteroatoms. The average Bonchev–Trinajstić information content (AvgIpc) is 3.23. The minimum Gasteiger partial charge on any atom is -0.480 e. The van der Waals surface area contributed by atoms with E-state index in [0.717, 1.165) is 37.2 Å². The molecule has 2 aliphatic rings. The molecule has 0 saturated carbocycles. The molecule has 0 unspecified atom stereocenters. The fraction of sp³-hybridized carbons (Fsp3) is 0.412. The third-order valence-corrected chi connectivity index (χ3v) is 4.53. The molecule has 4 rings (SSSR count). The summed E-state index contributed by atoms with van der Waals surface area (Å²) in [6.07, 6.45) is 6.15. The number of fused-ring (bicyclic) bond motifs is 1. The van der Waals surface area contributed by atoms with Crippen LogP contribution in [0, 0.1) is 0 Å². The molecule has 1 aromatic heterocycles. The first-order valence-corrected chi connectivity index (χ1v) is 7.84. The first kappa shape index (κ1) is 13.4. The van der Waals surface area contributed by atoms with E-state index in [2.05, 4.69) is 5.10 Å². The van der Waals surface area contributed by atoms with Crippen LogP contribution in [0.4, 0.5) is 0 Å². The number of amides is 1. The summed E-state index contributed by atoms with van der Waals surface area (Å²) in [4.78, 5) is 14.7. The summed E-state index contributed by atoms with van der Waals surface area (Å²) < 4.78 is 7.80. The monoisotopic (exact) mass is 297 g/mol. The summed E-state index contributed by atoms with van der Waals surface area (Å²) in [5.74, 6) is 0.953. The lowest BCUT2D eigenvalue weighted by Gasteiger charge is -2.34. The maximum Gasteiger partial charge on any atom is 0.264 e. The SMILES string of the molecule is O=C([C@@H]1Cc2ccccc2O1)N1CCC[C@@H](n2cccn2)C1. The fourth-order valence-electron chi connectivity index (χ4n) is 3.39. The van der Waals surface area contributed by atoms with E-state index in [-0.39, 0.29) is 18.1 Å². The molecule has 0 aliphatic carbocycles. The van der Waals surface area contributed by atoms with Gasteiger partial charge in [-0.3, -0.25) is 9.48 Å². The topological polar surface area (TPSA) is 47.4 Å². The van der Waals surface area contributed by atoms with E-state index in [1.165, 1.54) is 0 Å². The largest absolute Gasteiger partial charge is 0.480 e. The molecule has 0 radical (unpaired) electrons. The summed E-state index contributed by atoms with van der Waals surface area (Å²) in [5.41, 5.74) is 1.13. The zero-order valence-corrected chi connectivity index (χ0v) is 12.4. The van der Waals surface area contributed by atoms with Gasteiger partial charge in [0.15, 0.2) is 6.10 Å². The third-order valence-electron chi connectivity index (χ3n) is 4.53. The van der Waals surface area contributed by atoms with Crippen LogP contribution in [0.2, 0.25) is 0 Å². The molecule has 3 heterocycles. The van der Waals surface area contributed by atoms with E-state index < -0.39 is 0 Å². The van der Waals surface area contributed by atoms with Crippen molar-refractivity contribution in [2.45, 2.75) is 31.4 Å². The molecular weight excluding hydrogens is 278 g/mol. The number of rotatable bonds is 2. The standard InChI is InChI=1S/C17H19N3O2/c21-17(16-11-13-5-1-2-7-15(13)22-16)19-9-3-6-14(12-19)20-10-4-8-18-20/h1-2,4-5,7-8,10,14,16H,3,6,9,11-12H2/t14-,16+/m1/s1. The van der Waals surface area contributed by atoms with Gasteiger partial charge in [-0.05, 0) is 30.5 Å². The molecule has 1 aromatic carbocycles. The number of nitrogens with zero attached hydrogens (tertiary/aromatic N) is 3. The normalized spacial score (nSPS) is 23.9. The number of carbonyl (C=O) groups excluding carboxylic acids is 1. The average molecular weight is 297 g/mol. The molecule has 0 spiro atoms. The van der Waals surface area contributed by atoms with Crippen LogP contribution in [0.25, 0.3) is 0 Å². The molecule has 2 atom stereocenters. The van der Waals surface area contributed by atoms with Gasteiger partial charge in [0.1, 0.15) is 5.75 Å². The summed E-state index contributed by atoms with van der Waals surface area (Å²) in [6.45, 7) is 1.53. The number of piperidine rings is 1. The second-order valence-electron chi connectivity index (χ2n) is 5.98. The molecule has 1 amide bonds. The van der Waals surface area contributed by atoms with Crippen molar-refractivity contribution in [1.29, 1.82) is 0 Å². The molecular formula is C17H19N3O2. The summed E-state index contributed by atoms with van der Waals surface area (Å²) >= 11 is 0. The quantitative estimate of drug-likeness (QED) is 0.852. The van der Waals surface area contributed by atoms with Crippen molar-refractivity contribution in [1.82, 2.24) is 14.7 Å². The Labute approximate surface area is 129 Å². The van der Waals surface area contributed by atoms with Gasteiger partial charge >= 0.3 is 0 Å². The van der Waals surface area contributed by atoms with Crippen molar-refractivity contribution in [3.63, 3.8) is 0 Å². The van der Waals surface area contributed by atoms with Crippen molar-refractivity contribution in [2.75, 3.05) is 13.1 Å². The third kappa shape index (κ3) is 2.36. The van der Waals surface area contributed by atoms with E-state index in [0.29, 0.717) is 6.42 Å². The number of aromatic nitrogens is 2. The van der Waals surface area contributed by atoms with Crippen LogP contribution < -0.4 is 4.74 Å². The number of likely N-dealkylation sites (tertiary alicyclic amines) is 1. The van der Waals surface area contributed by atoms with Gasteiger partial charge < -0.3 is 9.64 Å². The van der Waals surface area contributed by atoms with Crippen LogP contribution in [0.15, 0.2) is 42.7 Å². The number of para-hydroxylation sites is 1. The van der Waals surface area contributed by atoms with Gasteiger partial charge in [0.2, 0.25) is 0 Å². The molecule has 1 fully saturated rings. The lowest BCUT2D eigenvalue weighted by molar-refractivity contribution is -0.139. The van der Waals surface area contributed by atoms with Crippen LogP contribution in [0.3, 0.4) is 0 Å². The molecule has 2 aliphatic heterocycles. The molecule has 1 saturated heterocycles. The lowest BCUT2D eigenvalue weighted by atomic mass is 10.0. The number of hydrogen-bond donors (Lipinski definition) is 0. The first-order valence-electron chi connectivity index (χ1n) is 7.84. The highest BCUT2D eigenvalue weighted by molar-refractivity contribution is 5.82. The Hall–Kier alpha value is -2.30. The Morgan fingerprint density at radius 3 is 3.00 bits per heavy atom. The van der Waals surface area contributed by atoms with Crippen molar-refractivity contribution >= 4 is 5.91 Å². The Kier molecular flexibility index (Phi) is 3.33. The molecule has 0 bridgehead atoms. The van der Waals surface area contributed by atoms with Crippen LogP contribution in [0.5, 0.6) is 5.75 Å². The van der Waals surface area contributed by atoms with Gasteiger partial charge in [0.05, 0.1) is 6.04 Å². The number of carbonyl (C=O) groups is 1. The highest BCUT2D eigenvalue weighted by Gasteiger charge is 2.34. The first-order chi connectivity index (χ1) is 10.8. The molecule has 114 valence electrons. The number of ether oxygens (including phenoxy) is 1. The van der Waals surface area contributed by atoms with Crippen molar-refractivity contribution in [2.24, 2.45) is 0 Å². The van der Waals surface area contributed by atoms with E-state index in [4.69, 9.17) is 4.74 Å². The predicted molar refractivity (Wildman–Crippen MR) is 81.6 cm³/mol. The fourth-order valence-corrected chi connectivity index (χ4v) is 3.39. The minimum atomic E-state index is -0.367. The van der Waals surface area contributed by atoms with E-state index in [1.54, 1.807) is 6.20 Å². The van der Waals surface area contributed by atoms with Crippen molar-refractivity contribution < 1.29 is 9.53 Å². The Bertz CT molecular complexity index is 643. The van der Waals surface area contributed by atoms with Crippen LogP contribution in [-0.4, -0.2) is 39.8 Å². The lowest BCUT2D eigenvalue weighted by Crippen LogP contribution is -2.46. The molecule has 2 aromatic rings. The summed E-state index contributed by atoms with van der Waals surface area (Å²) in [5, 5.41) is 4.31. The second kappa shape index (κ2) is 5.48. The van der Waals surface area contributed by atoms with E-state index in [9.17, 15) is 4.79 Å². The number of hydrogen-bond acceptors (Lipinski definition) is 3. The van der Waals surface area contributed by atoms with E-state index in [1.807, 2.05) is 46.1 Å². The Balaban J connectivity index is 1.45. The van der Waals surface area contributed by atoms with Crippen LogP contribution in [0.1, 0.15) is 24.4 Å². The number of benzene rings is 1. The van der Waals surface area contributed by atoms with Gasteiger partial charge in [-0.2, -0.15) is 5.10 Å². The van der Waals surface area contributed by atoms with Crippen molar-refractivity contribution in [3.05, 3.63) is 48.3 Å². The Morgan fingerprint density at radius 2 is 2.18 bits per heavy atom. The second-order valence-corrected chi connectivity index (χ2v) is 5.98. The maximum atomic E-state index is 12.8. The summed E-state index contributed by atoms with van der Waals surface area (Å²) in [6, 6.07) is 10.1. The van der Waals surface area contributed by atoms with Gasteiger partial charge in [-0.25, -0.2) is 0 Å². The summed E-state index contributed by atoms with van der Waals surface area (Å²) in [7, 11) is 0. The van der Waals surface area contributed by atoms with Gasteiger partial charge in [0, 0.05) is 31.9 Å². The van der Waals surface area contributed by atoms with Crippen LogP contribution >= 0.6 is 0 Å². The zero-order chi connectivity index (χ0) is 14.9. The van der Waals surface area contributed by atoms with Crippen molar-refractivity contribution in [3.8, 4) is 5.75 Å². The highest BCUT2D eigenvalue weighted by Crippen LogP contribution is 2.30. The van der Waals surface area contributed by atoms with Gasteiger partial charge in [-0.1, -0.05) is 18.2 Å². The minimum absolute atomic E-state index is 0.105.